The van der Waals surface area contributed by atoms with Crippen LogP contribution in [0.1, 0.15) is 11.1 Å². The Bertz CT molecular complexity index is 980. The third kappa shape index (κ3) is 4.42. The number of carboxylic acids is 1. The molecule has 0 fully saturated rings. The monoisotopic (exact) mass is 438 g/mol. The Kier molecular flexibility index (Phi) is 5.16. The van der Waals surface area contributed by atoms with Gasteiger partial charge in [0.2, 0.25) is 6.10 Å². The molecule has 1 aliphatic rings. The van der Waals surface area contributed by atoms with Crippen molar-refractivity contribution in [1.82, 2.24) is 0 Å². The highest BCUT2D eigenvalue weighted by molar-refractivity contribution is 6.32. The molecule has 1 heterocycles. The van der Waals surface area contributed by atoms with Crippen molar-refractivity contribution in [2.75, 3.05) is 0 Å². The Morgan fingerprint density at radius 3 is 2.17 bits per heavy atom. The molecule has 11 heteroatoms. The number of halogens is 7. The second-order valence-corrected chi connectivity index (χ2v) is 6.30. The highest BCUT2D eigenvalue weighted by Crippen LogP contribution is 2.43. The van der Waals surface area contributed by atoms with Gasteiger partial charge in [-0.15, -0.1) is 0 Å². The standard InChI is InChI=1S/C18H9ClF6O4/c19-13-7-11(28-10-3-1-9(2-4-10)17(20,21)22)5-8-6-12(16(26)27)15(18(23,24)25)29-14(8)13/h1-7,15H,(H,26,27). The minimum atomic E-state index is -4.99. The third-order valence-electron chi connectivity index (χ3n) is 3.84. The van der Waals surface area contributed by atoms with Gasteiger partial charge in [0.05, 0.1) is 16.2 Å². The lowest BCUT2D eigenvalue weighted by atomic mass is 10.0. The van der Waals surface area contributed by atoms with Gasteiger partial charge >= 0.3 is 18.3 Å². The molecular formula is C18H9ClF6O4. The van der Waals surface area contributed by atoms with Crippen LogP contribution in [0, 0.1) is 0 Å². The van der Waals surface area contributed by atoms with E-state index in [4.69, 9.17) is 26.2 Å². The molecule has 0 spiro atoms. The van der Waals surface area contributed by atoms with Crippen LogP contribution in [0.3, 0.4) is 0 Å². The molecule has 1 aliphatic heterocycles. The molecule has 2 aromatic carbocycles. The van der Waals surface area contributed by atoms with Gasteiger partial charge < -0.3 is 14.6 Å². The SMILES string of the molecule is O=C(O)C1=Cc2cc(Oc3ccc(C(F)(F)F)cc3)cc(Cl)c2OC1C(F)(F)F. The quantitative estimate of drug-likeness (QED) is 0.602. The summed E-state index contributed by atoms with van der Waals surface area (Å²) in [7, 11) is 0. The smallest absolute Gasteiger partial charge is 0.430 e. The summed E-state index contributed by atoms with van der Waals surface area (Å²) in [4.78, 5) is 11.2. The Morgan fingerprint density at radius 1 is 1.03 bits per heavy atom. The number of alkyl halides is 6. The molecule has 4 nitrogen and oxygen atoms in total. The maximum Gasteiger partial charge on any atom is 0.430 e. The lowest BCUT2D eigenvalue weighted by Gasteiger charge is -2.27. The molecule has 1 N–H and O–H groups in total. The average molecular weight is 439 g/mol. The van der Waals surface area contributed by atoms with Crippen molar-refractivity contribution >= 4 is 23.6 Å². The zero-order valence-electron chi connectivity index (χ0n) is 13.9. The van der Waals surface area contributed by atoms with E-state index in [1.807, 2.05) is 0 Å². The van der Waals surface area contributed by atoms with Crippen LogP contribution in [0.4, 0.5) is 26.3 Å². The fraction of sp³-hybridized carbons (Fsp3) is 0.167. The van der Waals surface area contributed by atoms with E-state index in [1.165, 1.54) is 0 Å². The topological polar surface area (TPSA) is 55.8 Å². The second-order valence-electron chi connectivity index (χ2n) is 5.89. The summed E-state index contributed by atoms with van der Waals surface area (Å²) in [6, 6.07) is 5.93. The number of hydrogen-bond donors (Lipinski definition) is 1. The van der Waals surface area contributed by atoms with Crippen LogP contribution < -0.4 is 9.47 Å². The van der Waals surface area contributed by atoms with E-state index < -0.39 is 41.3 Å². The van der Waals surface area contributed by atoms with E-state index in [9.17, 15) is 31.1 Å². The fourth-order valence-electron chi connectivity index (χ4n) is 2.57. The predicted molar refractivity (Wildman–Crippen MR) is 89.1 cm³/mol. The molecule has 0 bridgehead atoms. The van der Waals surface area contributed by atoms with Crippen molar-refractivity contribution in [2.45, 2.75) is 18.5 Å². The van der Waals surface area contributed by atoms with E-state index in [0.717, 1.165) is 42.5 Å². The summed E-state index contributed by atoms with van der Waals surface area (Å²) in [6.07, 6.45) is -11.5. The zero-order chi connectivity index (χ0) is 21.6. The zero-order valence-corrected chi connectivity index (χ0v) is 14.7. The molecule has 0 aliphatic carbocycles. The third-order valence-corrected chi connectivity index (χ3v) is 4.12. The van der Waals surface area contributed by atoms with Crippen LogP contribution in [0.15, 0.2) is 42.0 Å². The molecule has 0 radical (unpaired) electrons. The van der Waals surface area contributed by atoms with Crippen molar-refractivity contribution in [2.24, 2.45) is 0 Å². The van der Waals surface area contributed by atoms with Crippen LogP contribution in [0.5, 0.6) is 17.2 Å². The van der Waals surface area contributed by atoms with Crippen molar-refractivity contribution in [3.05, 3.63) is 58.1 Å². The van der Waals surface area contributed by atoms with Crippen molar-refractivity contribution in [3.8, 4) is 17.2 Å². The number of carboxylic acid groups (broad SMARTS) is 1. The molecular weight excluding hydrogens is 430 g/mol. The Balaban J connectivity index is 1.94. The largest absolute Gasteiger partial charge is 0.478 e. The van der Waals surface area contributed by atoms with E-state index in [1.54, 1.807) is 0 Å². The van der Waals surface area contributed by atoms with E-state index in [0.29, 0.717) is 0 Å². The van der Waals surface area contributed by atoms with Gasteiger partial charge in [-0.1, -0.05) is 11.6 Å². The van der Waals surface area contributed by atoms with Gasteiger partial charge in [-0.2, -0.15) is 26.3 Å². The molecule has 3 rings (SSSR count). The molecule has 1 unspecified atom stereocenters. The molecule has 0 aromatic heterocycles. The summed E-state index contributed by atoms with van der Waals surface area (Å²) in [6.45, 7) is 0. The molecule has 0 amide bonds. The summed E-state index contributed by atoms with van der Waals surface area (Å²) < 4.78 is 87.2. The molecule has 2 aromatic rings. The Labute approximate surface area is 163 Å². The van der Waals surface area contributed by atoms with Crippen LogP contribution in [0.25, 0.3) is 6.08 Å². The average Bonchev–Trinajstić information content (AvgIpc) is 2.59. The number of hydrogen-bond acceptors (Lipinski definition) is 3. The lowest BCUT2D eigenvalue weighted by Crippen LogP contribution is -2.40. The van der Waals surface area contributed by atoms with Crippen LogP contribution in [0.2, 0.25) is 5.02 Å². The van der Waals surface area contributed by atoms with Crippen LogP contribution in [-0.2, 0) is 11.0 Å². The van der Waals surface area contributed by atoms with Gasteiger partial charge in [-0.3, -0.25) is 0 Å². The van der Waals surface area contributed by atoms with Crippen LogP contribution in [-0.4, -0.2) is 23.4 Å². The number of carbonyl (C=O) groups is 1. The molecule has 1 atom stereocenters. The van der Waals surface area contributed by atoms with Crippen molar-refractivity contribution in [1.29, 1.82) is 0 Å². The molecule has 29 heavy (non-hydrogen) atoms. The van der Waals surface area contributed by atoms with E-state index in [2.05, 4.69) is 0 Å². The first kappa shape index (κ1) is 20.8. The van der Waals surface area contributed by atoms with E-state index >= 15 is 0 Å². The molecule has 0 saturated carbocycles. The second kappa shape index (κ2) is 7.18. The van der Waals surface area contributed by atoms with E-state index in [-0.39, 0.29) is 22.1 Å². The lowest BCUT2D eigenvalue weighted by molar-refractivity contribution is -0.187. The number of benzene rings is 2. The maximum atomic E-state index is 13.1. The van der Waals surface area contributed by atoms with Gasteiger partial charge in [0, 0.05) is 11.6 Å². The normalized spacial score (nSPS) is 16.5. The summed E-state index contributed by atoms with van der Waals surface area (Å²) in [5.41, 5.74) is -2.03. The first-order valence-electron chi connectivity index (χ1n) is 7.73. The van der Waals surface area contributed by atoms with Crippen LogP contribution >= 0.6 is 11.6 Å². The van der Waals surface area contributed by atoms with Gasteiger partial charge in [-0.05, 0) is 36.4 Å². The van der Waals surface area contributed by atoms with Crippen molar-refractivity contribution in [3.63, 3.8) is 0 Å². The summed E-state index contributed by atoms with van der Waals surface area (Å²) in [5.74, 6) is -2.26. The first-order chi connectivity index (χ1) is 13.4. The van der Waals surface area contributed by atoms with Gasteiger partial charge in [-0.25, -0.2) is 4.79 Å². The number of aliphatic carboxylic acids is 1. The summed E-state index contributed by atoms with van der Waals surface area (Å²) >= 11 is 5.94. The predicted octanol–water partition coefficient (Wildman–Crippen LogP) is 5.94. The highest BCUT2D eigenvalue weighted by Gasteiger charge is 2.48. The Hall–Kier alpha value is -2.88. The maximum absolute atomic E-state index is 13.1. The van der Waals surface area contributed by atoms with Gasteiger partial charge in [0.25, 0.3) is 0 Å². The van der Waals surface area contributed by atoms with Gasteiger partial charge in [0.15, 0.2) is 0 Å². The minimum absolute atomic E-state index is 0.00125. The highest BCUT2D eigenvalue weighted by atomic mass is 35.5. The molecule has 154 valence electrons. The number of fused-ring (bicyclic) bond motifs is 1. The first-order valence-corrected chi connectivity index (χ1v) is 8.11. The number of ether oxygens (including phenoxy) is 2. The van der Waals surface area contributed by atoms with Gasteiger partial charge in [0.1, 0.15) is 17.2 Å². The van der Waals surface area contributed by atoms with Crippen molar-refractivity contribution < 1.29 is 45.7 Å². The Morgan fingerprint density at radius 2 is 1.66 bits per heavy atom. The molecule has 0 saturated heterocycles. The minimum Gasteiger partial charge on any atom is -0.478 e. The fourth-order valence-corrected chi connectivity index (χ4v) is 2.83. The number of rotatable bonds is 3. The summed E-state index contributed by atoms with van der Waals surface area (Å²) in [5, 5.41) is 8.77.